The van der Waals surface area contributed by atoms with E-state index in [9.17, 15) is 9.59 Å². The minimum atomic E-state index is -0.519. The fraction of sp³-hybridized carbons (Fsp3) is 0.579. The Morgan fingerprint density at radius 3 is 2.64 bits per heavy atom. The van der Waals surface area contributed by atoms with Crippen LogP contribution in [0.25, 0.3) is 0 Å². The van der Waals surface area contributed by atoms with Crippen LogP contribution in [0.4, 0.5) is 5.69 Å². The molecule has 25 heavy (non-hydrogen) atoms. The smallest absolute Gasteiger partial charge is 0.268 e. The van der Waals surface area contributed by atoms with E-state index in [0.29, 0.717) is 24.4 Å². The number of para-hydroxylation sites is 2. The van der Waals surface area contributed by atoms with Crippen LogP contribution in [0.2, 0.25) is 0 Å². The Bertz CT molecular complexity index is 587. The maximum absolute atomic E-state index is 12.6. The first-order valence-corrected chi connectivity index (χ1v) is 9.27. The molecule has 2 amide bonds. The summed E-state index contributed by atoms with van der Waals surface area (Å²) in [7, 11) is 0. The number of carbonyl (C=O) groups excluding carboxylic acids is 2. The summed E-state index contributed by atoms with van der Waals surface area (Å²) in [4.78, 5) is 27.9. The van der Waals surface area contributed by atoms with E-state index in [1.54, 1.807) is 0 Å². The number of quaternary nitrogens is 1. The van der Waals surface area contributed by atoms with Crippen molar-refractivity contribution < 1.29 is 19.2 Å². The maximum atomic E-state index is 12.6. The van der Waals surface area contributed by atoms with Gasteiger partial charge in [-0.25, -0.2) is 0 Å². The van der Waals surface area contributed by atoms with E-state index in [1.165, 1.54) is 9.80 Å². The quantitative estimate of drug-likeness (QED) is 0.643. The Hall–Kier alpha value is -2.08. The zero-order chi connectivity index (χ0) is 18.2. The van der Waals surface area contributed by atoms with Gasteiger partial charge in [0.2, 0.25) is 5.91 Å². The molecule has 1 heterocycles. The topological polar surface area (TPSA) is 63.1 Å². The number of ether oxygens (including phenoxy) is 1. The third-order valence-corrected chi connectivity index (χ3v) is 4.67. The van der Waals surface area contributed by atoms with Crippen LogP contribution in [-0.2, 0) is 9.59 Å². The van der Waals surface area contributed by atoms with Gasteiger partial charge >= 0.3 is 0 Å². The molecule has 0 bridgehead atoms. The van der Waals surface area contributed by atoms with Crippen molar-refractivity contribution in [2.24, 2.45) is 0 Å². The van der Waals surface area contributed by atoms with Gasteiger partial charge in [-0.2, -0.15) is 0 Å². The first kappa shape index (κ1) is 19.2. The fourth-order valence-electron chi connectivity index (χ4n) is 3.07. The van der Waals surface area contributed by atoms with Gasteiger partial charge in [0.1, 0.15) is 12.3 Å². The van der Waals surface area contributed by atoms with Crippen LogP contribution >= 0.6 is 0 Å². The largest absolute Gasteiger partial charge is 0.478 e. The number of rotatable bonds is 9. The highest BCUT2D eigenvalue weighted by Gasteiger charge is 2.34. The Balaban J connectivity index is 1.92. The summed E-state index contributed by atoms with van der Waals surface area (Å²) in [6.07, 6.45) is 1.00. The molecule has 1 aliphatic heterocycles. The molecule has 1 aromatic rings. The molecule has 1 unspecified atom stereocenters. The van der Waals surface area contributed by atoms with Gasteiger partial charge in [-0.3, -0.25) is 14.5 Å². The molecule has 0 radical (unpaired) electrons. The maximum Gasteiger partial charge on any atom is 0.268 e. The molecule has 0 fully saturated rings. The zero-order valence-corrected chi connectivity index (χ0v) is 15.5. The summed E-state index contributed by atoms with van der Waals surface area (Å²) in [5, 5.41) is 2.93. The summed E-state index contributed by atoms with van der Waals surface area (Å²) in [6.45, 7) is 10.2. The van der Waals surface area contributed by atoms with Gasteiger partial charge < -0.3 is 15.0 Å². The van der Waals surface area contributed by atoms with Crippen molar-refractivity contribution >= 4 is 17.5 Å². The predicted octanol–water partition coefficient (Wildman–Crippen LogP) is 0.622. The van der Waals surface area contributed by atoms with Gasteiger partial charge in [0.05, 0.1) is 25.3 Å². The SMILES string of the molecule is CCC1Oc2ccccc2N(CC(=O)NCCC[NH+](CC)CC)C1=O. The van der Waals surface area contributed by atoms with E-state index in [2.05, 4.69) is 19.2 Å². The van der Waals surface area contributed by atoms with Crippen molar-refractivity contribution in [1.82, 2.24) is 5.32 Å². The average Bonchev–Trinajstić information content (AvgIpc) is 2.64. The molecule has 2 rings (SSSR count). The summed E-state index contributed by atoms with van der Waals surface area (Å²) in [6, 6.07) is 7.37. The minimum Gasteiger partial charge on any atom is -0.478 e. The number of anilines is 1. The number of fused-ring (bicyclic) bond motifs is 1. The number of nitrogens with zero attached hydrogens (tertiary/aromatic N) is 1. The molecule has 138 valence electrons. The van der Waals surface area contributed by atoms with E-state index in [-0.39, 0.29) is 18.4 Å². The van der Waals surface area contributed by atoms with Crippen LogP contribution < -0.4 is 19.9 Å². The second kappa shape index (κ2) is 9.42. The molecular weight excluding hydrogens is 318 g/mol. The molecule has 1 atom stereocenters. The second-order valence-electron chi connectivity index (χ2n) is 6.32. The van der Waals surface area contributed by atoms with Crippen molar-refractivity contribution in [3.05, 3.63) is 24.3 Å². The first-order chi connectivity index (χ1) is 12.1. The Morgan fingerprint density at radius 2 is 1.96 bits per heavy atom. The lowest BCUT2D eigenvalue weighted by Gasteiger charge is -2.33. The molecule has 2 N–H and O–H groups in total. The van der Waals surface area contributed by atoms with Crippen molar-refractivity contribution in [2.45, 2.75) is 39.7 Å². The zero-order valence-electron chi connectivity index (χ0n) is 15.5. The van der Waals surface area contributed by atoms with E-state index in [0.717, 1.165) is 26.1 Å². The van der Waals surface area contributed by atoms with Gasteiger partial charge in [-0.05, 0) is 32.4 Å². The van der Waals surface area contributed by atoms with Gasteiger partial charge in [0.15, 0.2) is 6.10 Å². The summed E-state index contributed by atoms with van der Waals surface area (Å²) in [5.41, 5.74) is 0.667. The van der Waals surface area contributed by atoms with E-state index < -0.39 is 6.10 Å². The number of hydrogen-bond acceptors (Lipinski definition) is 3. The van der Waals surface area contributed by atoms with E-state index in [1.807, 2.05) is 31.2 Å². The highest BCUT2D eigenvalue weighted by Crippen LogP contribution is 2.34. The second-order valence-corrected chi connectivity index (χ2v) is 6.32. The van der Waals surface area contributed by atoms with E-state index in [4.69, 9.17) is 4.74 Å². The van der Waals surface area contributed by atoms with Gasteiger partial charge in [0, 0.05) is 13.0 Å². The number of hydrogen-bond donors (Lipinski definition) is 2. The molecule has 0 saturated heterocycles. The number of carbonyl (C=O) groups is 2. The van der Waals surface area contributed by atoms with Crippen LogP contribution in [0.5, 0.6) is 5.75 Å². The third kappa shape index (κ3) is 4.95. The Morgan fingerprint density at radius 1 is 1.24 bits per heavy atom. The van der Waals surface area contributed by atoms with Crippen molar-refractivity contribution in [2.75, 3.05) is 37.6 Å². The number of amides is 2. The number of nitrogens with one attached hydrogen (secondary N) is 2. The minimum absolute atomic E-state index is 0.0355. The lowest BCUT2D eigenvalue weighted by Crippen LogP contribution is -3.11. The molecule has 1 aliphatic rings. The summed E-state index contributed by atoms with van der Waals surface area (Å²) >= 11 is 0. The van der Waals surface area contributed by atoms with Gasteiger partial charge in [0.25, 0.3) is 5.91 Å². The third-order valence-electron chi connectivity index (χ3n) is 4.67. The van der Waals surface area contributed by atoms with Crippen LogP contribution in [0.15, 0.2) is 24.3 Å². The predicted molar refractivity (Wildman–Crippen MR) is 98.0 cm³/mol. The average molecular weight is 348 g/mol. The first-order valence-electron chi connectivity index (χ1n) is 9.27. The van der Waals surface area contributed by atoms with Crippen molar-refractivity contribution in [1.29, 1.82) is 0 Å². The molecule has 0 spiro atoms. The Labute approximate surface area is 150 Å². The Kier molecular flexibility index (Phi) is 7.25. The van der Waals surface area contributed by atoms with Crippen LogP contribution in [0.1, 0.15) is 33.6 Å². The summed E-state index contributed by atoms with van der Waals surface area (Å²) < 4.78 is 5.73. The molecule has 1 aromatic carbocycles. The highest BCUT2D eigenvalue weighted by atomic mass is 16.5. The standard InChI is InChI=1S/C19H29N3O3/c1-4-16-19(24)22(15-10-7-8-11-17(15)25-16)14-18(23)20-12-9-13-21(5-2)6-3/h7-8,10-11,16H,4-6,9,12-14H2,1-3H3,(H,20,23)/p+1. The normalized spacial score (nSPS) is 16.6. The van der Waals surface area contributed by atoms with Crippen LogP contribution in [0.3, 0.4) is 0 Å². The highest BCUT2D eigenvalue weighted by molar-refractivity contribution is 6.03. The molecule has 0 aromatic heterocycles. The van der Waals surface area contributed by atoms with E-state index >= 15 is 0 Å². The monoisotopic (exact) mass is 348 g/mol. The molecule has 6 heteroatoms. The molecular formula is C19H30N3O3+. The number of benzene rings is 1. The summed E-state index contributed by atoms with van der Waals surface area (Å²) in [5.74, 6) is 0.380. The molecule has 6 nitrogen and oxygen atoms in total. The van der Waals surface area contributed by atoms with Crippen molar-refractivity contribution in [3.8, 4) is 5.75 Å². The van der Waals surface area contributed by atoms with Crippen LogP contribution in [-0.4, -0.2) is 50.6 Å². The fourth-order valence-corrected chi connectivity index (χ4v) is 3.07. The van der Waals surface area contributed by atoms with Gasteiger partial charge in [-0.15, -0.1) is 0 Å². The molecule has 0 saturated carbocycles. The molecule has 0 aliphatic carbocycles. The van der Waals surface area contributed by atoms with Gasteiger partial charge in [-0.1, -0.05) is 19.1 Å². The lowest BCUT2D eigenvalue weighted by molar-refractivity contribution is -0.896. The van der Waals surface area contributed by atoms with Crippen molar-refractivity contribution in [3.63, 3.8) is 0 Å². The lowest BCUT2D eigenvalue weighted by atomic mass is 10.1. The van der Waals surface area contributed by atoms with Crippen LogP contribution in [0, 0.1) is 0 Å².